The van der Waals surface area contributed by atoms with Crippen LogP contribution in [0, 0.1) is 11.8 Å². The summed E-state index contributed by atoms with van der Waals surface area (Å²) in [6, 6.07) is 0. The zero-order valence-corrected chi connectivity index (χ0v) is 10.6. The molecule has 5 nitrogen and oxygen atoms in total. The molecular weight excluding hydrogens is 224 g/mol. The summed E-state index contributed by atoms with van der Waals surface area (Å²) in [5.41, 5.74) is -1.27. The third-order valence-electron chi connectivity index (χ3n) is 3.16. The van der Waals surface area contributed by atoms with E-state index in [4.69, 9.17) is 9.47 Å². The lowest BCUT2D eigenvalue weighted by atomic mass is 9.97. The highest BCUT2D eigenvalue weighted by molar-refractivity contribution is 5.97. The van der Waals surface area contributed by atoms with Crippen LogP contribution in [0.15, 0.2) is 0 Å². The zero-order chi connectivity index (χ0) is 13.1. The molecule has 2 atom stereocenters. The molecule has 1 aliphatic carbocycles. The van der Waals surface area contributed by atoms with E-state index in [1.807, 2.05) is 6.92 Å². The van der Waals surface area contributed by atoms with Crippen LogP contribution >= 0.6 is 0 Å². The van der Waals surface area contributed by atoms with Gasteiger partial charge in [0.1, 0.15) is 0 Å². The van der Waals surface area contributed by atoms with Crippen LogP contribution in [-0.2, 0) is 19.1 Å². The Morgan fingerprint density at radius 1 is 1.24 bits per heavy atom. The first-order chi connectivity index (χ1) is 8.01. The van der Waals surface area contributed by atoms with Crippen molar-refractivity contribution in [2.75, 3.05) is 13.2 Å². The Morgan fingerprint density at radius 2 is 1.71 bits per heavy atom. The molecule has 0 aliphatic heterocycles. The van der Waals surface area contributed by atoms with Crippen molar-refractivity contribution in [3.8, 4) is 0 Å². The van der Waals surface area contributed by atoms with E-state index in [1.54, 1.807) is 13.8 Å². The number of carbonyl (C=O) groups is 2. The minimum atomic E-state index is -1.27. The number of ether oxygens (including phenoxy) is 2. The standard InChI is InChI=1S/C12H20O5/c1-4-8-7-12(8,15)9(10(13)16-5-2)11(14)17-6-3/h8-9,15H,4-7H2,1-3H3. The Hall–Kier alpha value is -1.10. The van der Waals surface area contributed by atoms with Crippen molar-refractivity contribution in [3.05, 3.63) is 0 Å². The van der Waals surface area contributed by atoms with E-state index in [0.29, 0.717) is 6.42 Å². The van der Waals surface area contributed by atoms with Crippen LogP contribution in [0.25, 0.3) is 0 Å². The van der Waals surface area contributed by atoms with Gasteiger partial charge in [0.25, 0.3) is 0 Å². The van der Waals surface area contributed by atoms with E-state index in [9.17, 15) is 14.7 Å². The minimum absolute atomic E-state index is 0.0266. The largest absolute Gasteiger partial charge is 0.465 e. The maximum atomic E-state index is 11.7. The number of aliphatic hydroxyl groups is 1. The number of hydrogen-bond donors (Lipinski definition) is 1. The molecule has 98 valence electrons. The maximum absolute atomic E-state index is 11.7. The molecule has 0 heterocycles. The summed E-state index contributed by atoms with van der Waals surface area (Å²) in [5.74, 6) is -2.61. The highest BCUT2D eigenvalue weighted by Crippen LogP contribution is 2.51. The SMILES string of the molecule is CCOC(=O)C(C(=O)OCC)C1(O)CC1CC. The summed E-state index contributed by atoms with van der Waals surface area (Å²) in [4.78, 5) is 23.4. The fraction of sp³-hybridized carbons (Fsp3) is 0.833. The van der Waals surface area contributed by atoms with E-state index in [2.05, 4.69) is 0 Å². The Morgan fingerprint density at radius 3 is 2.00 bits per heavy atom. The molecule has 0 radical (unpaired) electrons. The smallest absolute Gasteiger partial charge is 0.323 e. The molecule has 1 fully saturated rings. The summed E-state index contributed by atoms with van der Waals surface area (Å²) < 4.78 is 9.66. The quantitative estimate of drug-likeness (QED) is 0.555. The van der Waals surface area contributed by atoms with Gasteiger partial charge in [-0.15, -0.1) is 0 Å². The topological polar surface area (TPSA) is 72.8 Å². The van der Waals surface area contributed by atoms with Gasteiger partial charge in [0.05, 0.1) is 18.8 Å². The Bertz CT molecular complexity index is 283. The van der Waals surface area contributed by atoms with Crippen molar-refractivity contribution in [1.82, 2.24) is 0 Å². The predicted octanol–water partition coefficient (Wildman–Crippen LogP) is 0.890. The molecule has 0 spiro atoms. The van der Waals surface area contributed by atoms with Gasteiger partial charge < -0.3 is 14.6 Å². The third-order valence-corrected chi connectivity index (χ3v) is 3.16. The predicted molar refractivity (Wildman–Crippen MR) is 60.1 cm³/mol. The second kappa shape index (κ2) is 5.49. The zero-order valence-electron chi connectivity index (χ0n) is 10.6. The summed E-state index contributed by atoms with van der Waals surface area (Å²) in [6.07, 6.45) is 1.18. The van der Waals surface area contributed by atoms with E-state index in [1.165, 1.54) is 0 Å². The van der Waals surface area contributed by atoms with Gasteiger partial charge in [-0.1, -0.05) is 13.3 Å². The Balaban J connectivity index is 2.80. The molecule has 0 aromatic heterocycles. The molecule has 1 saturated carbocycles. The highest BCUT2D eigenvalue weighted by Gasteiger charge is 2.63. The van der Waals surface area contributed by atoms with Crippen LogP contribution in [-0.4, -0.2) is 35.9 Å². The lowest BCUT2D eigenvalue weighted by Gasteiger charge is -2.20. The fourth-order valence-corrected chi connectivity index (χ4v) is 2.14. The minimum Gasteiger partial charge on any atom is -0.465 e. The van der Waals surface area contributed by atoms with Crippen molar-refractivity contribution >= 4 is 11.9 Å². The molecule has 1 aliphatic rings. The normalized spacial score (nSPS) is 26.8. The van der Waals surface area contributed by atoms with Crippen LogP contribution in [0.5, 0.6) is 0 Å². The lowest BCUT2D eigenvalue weighted by Crippen LogP contribution is -2.40. The molecule has 0 saturated heterocycles. The number of rotatable bonds is 6. The molecule has 17 heavy (non-hydrogen) atoms. The van der Waals surface area contributed by atoms with E-state index in [-0.39, 0.29) is 19.1 Å². The molecule has 0 amide bonds. The van der Waals surface area contributed by atoms with Crippen LogP contribution in [0.2, 0.25) is 0 Å². The molecule has 5 heteroatoms. The Kier molecular flexibility index (Phi) is 4.51. The van der Waals surface area contributed by atoms with E-state index in [0.717, 1.165) is 6.42 Å². The molecule has 0 bridgehead atoms. The average molecular weight is 244 g/mol. The molecular formula is C12H20O5. The van der Waals surface area contributed by atoms with Crippen molar-refractivity contribution in [3.63, 3.8) is 0 Å². The summed E-state index contributed by atoms with van der Waals surface area (Å²) >= 11 is 0. The lowest BCUT2D eigenvalue weighted by molar-refractivity contribution is -0.169. The molecule has 1 N–H and O–H groups in total. The fourth-order valence-electron chi connectivity index (χ4n) is 2.14. The molecule has 2 unspecified atom stereocenters. The summed E-state index contributed by atoms with van der Waals surface area (Å²) in [5, 5.41) is 10.2. The number of esters is 2. The molecule has 0 aromatic rings. The van der Waals surface area contributed by atoms with Crippen LogP contribution in [0.1, 0.15) is 33.6 Å². The molecule has 0 aromatic carbocycles. The monoisotopic (exact) mass is 244 g/mol. The van der Waals surface area contributed by atoms with Crippen molar-refractivity contribution < 1.29 is 24.2 Å². The second-order valence-corrected chi connectivity index (χ2v) is 4.24. The third kappa shape index (κ3) is 2.77. The first-order valence-corrected chi connectivity index (χ1v) is 6.06. The van der Waals surface area contributed by atoms with Gasteiger partial charge in [-0.2, -0.15) is 0 Å². The van der Waals surface area contributed by atoms with Gasteiger partial charge in [-0.05, 0) is 26.2 Å². The highest BCUT2D eigenvalue weighted by atomic mass is 16.6. The van der Waals surface area contributed by atoms with Gasteiger partial charge in [0.15, 0.2) is 5.92 Å². The first kappa shape index (κ1) is 14.0. The van der Waals surface area contributed by atoms with Crippen LogP contribution in [0.4, 0.5) is 0 Å². The Labute approximate surface area is 101 Å². The van der Waals surface area contributed by atoms with Gasteiger partial charge in [0, 0.05) is 0 Å². The first-order valence-electron chi connectivity index (χ1n) is 6.06. The second-order valence-electron chi connectivity index (χ2n) is 4.24. The number of carbonyl (C=O) groups excluding carboxylic acids is 2. The van der Waals surface area contributed by atoms with Crippen LogP contribution in [0.3, 0.4) is 0 Å². The van der Waals surface area contributed by atoms with E-state index < -0.39 is 23.5 Å². The summed E-state index contributed by atoms with van der Waals surface area (Å²) in [6.45, 7) is 5.60. The molecule has 1 rings (SSSR count). The van der Waals surface area contributed by atoms with Crippen molar-refractivity contribution in [2.24, 2.45) is 11.8 Å². The van der Waals surface area contributed by atoms with Gasteiger partial charge in [0.2, 0.25) is 0 Å². The van der Waals surface area contributed by atoms with Gasteiger partial charge >= 0.3 is 11.9 Å². The van der Waals surface area contributed by atoms with Gasteiger partial charge in [-0.3, -0.25) is 9.59 Å². The van der Waals surface area contributed by atoms with Crippen molar-refractivity contribution in [2.45, 2.75) is 39.2 Å². The van der Waals surface area contributed by atoms with E-state index >= 15 is 0 Å². The van der Waals surface area contributed by atoms with Gasteiger partial charge in [-0.25, -0.2) is 0 Å². The maximum Gasteiger partial charge on any atom is 0.323 e. The number of hydrogen-bond acceptors (Lipinski definition) is 5. The van der Waals surface area contributed by atoms with Crippen molar-refractivity contribution in [1.29, 1.82) is 0 Å². The van der Waals surface area contributed by atoms with Crippen LogP contribution < -0.4 is 0 Å². The average Bonchev–Trinajstić information content (AvgIpc) is 2.91. The summed E-state index contributed by atoms with van der Waals surface area (Å²) in [7, 11) is 0.